The number of anilines is 1. The summed E-state index contributed by atoms with van der Waals surface area (Å²) in [5, 5.41) is 0. The lowest BCUT2D eigenvalue weighted by molar-refractivity contribution is -0.136. The predicted octanol–water partition coefficient (Wildman–Crippen LogP) is 4.13. The number of benzene rings is 1. The highest BCUT2D eigenvalue weighted by Crippen LogP contribution is 2.61. The number of aryl methyl sites for hydroxylation is 2. The lowest BCUT2D eigenvalue weighted by Crippen LogP contribution is -2.61. The van der Waals surface area contributed by atoms with Crippen molar-refractivity contribution in [1.82, 2.24) is 0 Å². The molecule has 3 nitrogen and oxygen atoms in total. The third-order valence-corrected chi connectivity index (χ3v) is 7.27. The van der Waals surface area contributed by atoms with Crippen LogP contribution in [0.2, 0.25) is 0 Å². The largest absolute Gasteiger partial charge is 0.271 e. The Balaban J connectivity index is 1.56. The van der Waals surface area contributed by atoms with E-state index >= 15 is 0 Å². The fraction of sp³-hybridized carbons (Fsp3) is 0.619. The first-order valence-electron chi connectivity index (χ1n) is 9.61. The summed E-state index contributed by atoms with van der Waals surface area (Å²) in [6.07, 6.45) is 9.10. The van der Waals surface area contributed by atoms with Crippen molar-refractivity contribution >= 4 is 17.9 Å². The van der Waals surface area contributed by atoms with Gasteiger partial charge in [-0.25, -0.2) is 0 Å². The van der Waals surface area contributed by atoms with Gasteiger partial charge in [0.05, 0.1) is 12.0 Å². The molecule has 126 valence electrons. The highest BCUT2D eigenvalue weighted by molar-refractivity contribution is 6.18. The standard InChI is InChI=1S/C21H26N2O/c1-3-16-6-4-5-13(2)19(16)23-12-22-21(20(23)24)17-8-14-7-15(10-17)11-18(21)9-14/h4-6,12,14-15,17-18H,3,7-11H2,1-2H3. The molecule has 0 atom stereocenters. The molecule has 0 unspecified atom stereocenters. The maximum Gasteiger partial charge on any atom is 0.260 e. The fourth-order valence-corrected chi connectivity index (χ4v) is 6.43. The number of aliphatic imine (C=N–C) groups is 1. The van der Waals surface area contributed by atoms with Crippen LogP contribution < -0.4 is 4.90 Å². The van der Waals surface area contributed by atoms with Gasteiger partial charge >= 0.3 is 0 Å². The number of para-hydroxylation sites is 1. The summed E-state index contributed by atoms with van der Waals surface area (Å²) < 4.78 is 0. The van der Waals surface area contributed by atoms with Gasteiger partial charge in [0.1, 0.15) is 5.54 Å². The molecule has 4 fully saturated rings. The lowest BCUT2D eigenvalue weighted by atomic mass is 9.48. The average molecular weight is 322 g/mol. The molecule has 5 aliphatic rings. The summed E-state index contributed by atoms with van der Waals surface area (Å²) in [5.41, 5.74) is 3.07. The number of rotatable bonds is 2. The van der Waals surface area contributed by atoms with Crippen LogP contribution in [0.3, 0.4) is 0 Å². The number of carbonyl (C=O) groups excluding carboxylic acids is 1. The van der Waals surface area contributed by atoms with E-state index in [1.54, 1.807) is 0 Å². The quantitative estimate of drug-likeness (QED) is 0.806. The first-order chi connectivity index (χ1) is 11.6. The molecule has 24 heavy (non-hydrogen) atoms. The number of nitrogens with zero attached hydrogens (tertiary/aromatic N) is 2. The third-order valence-electron chi connectivity index (χ3n) is 7.27. The van der Waals surface area contributed by atoms with Crippen LogP contribution in [-0.4, -0.2) is 17.8 Å². The minimum absolute atomic E-state index is 0.264. The van der Waals surface area contributed by atoms with Gasteiger partial charge in [0.15, 0.2) is 0 Å². The SMILES string of the molecule is CCc1cccc(C)c1N1C=NC2(C1=O)C1CC3CC(C1)CC2C3. The molecule has 0 saturated heterocycles. The van der Waals surface area contributed by atoms with Crippen molar-refractivity contribution in [2.24, 2.45) is 28.7 Å². The van der Waals surface area contributed by atoms with Crippen molar-refractivity contribution in [3.63, 3.8) is 0 Å². The minimum atomic E-state index is -0.430. The molecule has 4 bridgehead atoms. The highest BCUT2D eigenvalue weighted by Gasteiger charge is 2.63. The van der Waals surface area contributed by atoms with Crippen LogP contribution in [0, 0.1) is 30.6 Å². The monoisotopic (exact) mass is 322 g/mol. The van der Waals surface area contributed by atoms with Gasteiger partial charge in [-0.15, -0.1) is 0 Å². The molecule has 4 aliphatic carbocycles. The Kier molecular flexibility index (Phi) is 3.02. The number of hydrogen-bond acceptors (Lipinski definition) is 2. The van der Waals surface area contributed by atoms with Gasteiger partial charge in [0, 0.05) is 0 Å². The van der Waals surface area contributed by atoms with Crippen molar-refractivity contribution in [2.45, 2.75) is 57.9 Å². The molecule has 0 N–H and O–H groups in total. The second-order valence-corrected chi connectivity index (χ2v) is 8.49. The normalized spacial score (nSPS) is 39.4. The Morgan fingerprint density at radius 3 is 2.42 bits per heavy atom. The van der Waals surface area contributed by atoms with E-state index in [1.165, 1.54) is 43.2 Å². The Labute approximate surface area is 144 Å². The first-order valence-corrected chi connectivity index (χ1v) is 9.61. The lowest BCUT2D eigenvalue weighted by Gasteiger charge is -2.57. The van der Waals surface area contributed by atoms with E-state index in [9.17, 15) is 4.79 Å². The van der Waals surface area contributed by atoms with Gasteiger partial charge < -0.3 is 0 Å². The summed E-state index contributed by atoms with van der Waals surface area (Å²) in [5.74, 6) is 2.95. The van der Waals surface area contributed by atoms with E-state index in [0.717, 1.165) is 23.9 Å². The predicted molar refractivity (Wildman–Crippen MR) is 96.3 cm³/mol. The van der Waals surface area contributed by atoms with Gasteiger partial charge in [-0.3, -0.25) is 14.7 Å². The Morgan fingerprint density at radius 1 is 1.12 bits per heavy atom. The van der Waals surface area contributed by atoms with E-state index in [0.29, 0.717) is 11.8 Å². The Bertz CT molecular complexity index is 707. The Morgan fingerprint density at radius 2 is 1.79 bits per heavy atom. The van der Waals surface area contributed by atoms with Crippen molar-refractivity contribution in [1.29, 1.82) is 0 Å². The number of amides is 1. The molecule has 3 heteroatoms. The second kappa shape index (κ2) is 4.93. The molecule has 6 rings (SSSR count). The summed E-state index contributed by atoms with van der Waals surface area (Å²) in [6.45, 7) is 4.27. The minimum Gasteiger partial charge on any atom is -0.271 e. The molecule has 4 saturated carbocycles. The highest BCUT2D eigenvalue weighted by atomic mass is 16.2. The molecule has 1 aromatic carbocycles. The summed E-state index contributed by atoms with van der Waals surface area (Å²) in [6, 6.07) is 6.34. The zero-order valence-corrected chi connectivity index (χ0v) is 14.7. The van der Waals surface area contributed by atoms with Gasteiger partial charge in [-0.05, 0) is 80.2 Å². The molecule has 1 aromatic rings. The molecule has 1 spiro atoms. The van der Waals surface area contributed by atoms with E-state index < -0.39 is 5.54 Å². The van der Waals surface area contributed by atoms with Crippen molar-refractivity contribution in [3.8, 4) is 0 Å². The van der Waals surface area contributed by atoms with Crippen LogP contribution >= 0.6 is 0 Å². The van der Waals surface area contributed by atoms with Gasteiger partial charge in [0.25, 0.3) is 5.91 Å². The number of hydrogen-bond donors (Lipinski definition) is 0. The maximum atomic E-state index is 13.6. The van der Waals surface area contributed by atoms with E-state index in [2.05, 4.69) is 32.0 Å². The topological polar surface area (TPSA) is 32.7 Å². The van der Waals surface area contributed by atoms with Gasteiger partial charge in [-0.1, -0.05) is 25.1 Å². The second-order valence-electron chi connectivity index (χ2n) is 8.49. The van der Waals surface area contributed by atoms with Crippen molar-refractivity contribution in [2.75, 3.05) is 4.90 Å². The van der Waals surface area contributed by atoms with Crippen LogP contribution in [0.5, 0.6) is 0 Å². The summed E-state index contributed by atoms with van der Waals surface area (Å²) in [7, 11) is 0. The van der Waals surface area contributed by atoms with Gasteiger partial charge in [-0.2, -0.15) is 0 Å². The molecule has 0 radical (unpaired) electrons. The van der Waals surface area contributed by atoms with Gasteiger partial charge in [0.2, 0.25) is 0 Å². The summed E-state index contributed by atoms with van der Waals surface area (Å²) in [4.78, 5) is 20.5. The first kappa shape index (κ1) is 14.7. The molecular formula is C21H26N2O. The molecule has 1 heterocycles. The van der Waals surface area contributed by atoms with Crippen LogP contribution in [0.1, 0.15) is 50.2 Å². The summed E-state index contributed by atoms with van der Waals surface area (Å²) >= 11 is 0. The van der Waals surface area contributed by atoms with E-state index in [4.69, 9.17) is 4.99 Å². The van der Waals surface area contributed by atoms with E-state index in [-0.39, 0.29) is 5.91 Å². The fourth-order valence-electron chi connectivity index (χ4n) is 6.43. The molecule has 1 aliphatic heterocycles. The molecule has 0 aromatic heterocycles. The smallest absolute Gasteiger partial charge is 0.260 e. The zero-order valence-electron chi connectivity index (χ0n) is 14.7. The van der Waals surface area contributed by atoms with Crippen molar-refractivity contribution in [3.05, 3.63) is 29.3 Å². The van der Waals surface area contributed by atoms with Crippen LogP contribution in [0.25, 0.3) is 0 Å². The molecule has 1 amide bonds. The molecular weight excluding hydrogens is 296 g/mol. The zero-order chi connectivity index (χ0) is 16.5. The average Bonchev–Trinajstić information content (AvgIpc) is 2.90. The van der Waals surface area contributed by atoms with Crippen molar-refractivity contribution < 1.29 is 4.79 Å². The van der Waals surface area contributed by atoms with Crippen LogP contribution in [-0.2, 0) is 11.2 Å². The third kappa shape index (κ3) is 1.73. The Hall–Kier alpha value is -1.64. The van der Waals surface area contributed by atoms with Crippen LogP contribution in [0.15, 0.2) is 23.2 Å². The maximum absolute atomic E-state index is 13.6. The number of carbonyl (C=O) groups is 1. The van der Waals surface area contributed by atoms with E-state index in [1.807, 2.05) is 11.2 Å². The van der Waals surface area contributed by atoms with Crippen LogP contribution in [0.4, 0.5) is 5.69 Å².